The number of anilines is 3. The summed E-state index contributed by atoms with van der Waals surface area (Å²) in [6.45, 7) is 1.61. The van der Waals surface area contributed by atoms with Gasteiger partial charge in [-0.25, -0.2) is 15.0 Å². The zero-order chi connectivity index (χ0) is 18.8. The smallest absolute Gasteiger partial charge is 0.236 e. The zero-order valence-corrected chi connectivity index (χ0v) is 14.8. The summed E-state index contributed by atoms with van der Waals surface area (Å²) in [4.78, 5) is 19.6. The van der Waals surface area contributed by atoms with Crippen LogP contribution in [-0.4, -0.2) is 50.6 Å². The number of nitrogen functional groups attached to an aromatic ring is 1. The van der Waals surface area contributed by atoms with Gasteiger partial charge in [0.15, 0.2) is 11.5 Å². The number of nitrogens with one attached hydrogen (secondary N) is 1. The van der Waals surface area contributed by atoms with Crippen LogP contribution in [-0.2, 0) is 0 Å². The number of aromatic nitrogens is 5. The number of hydrogen-bond acceptors (Lipinski definition) is 9. The van der Waals surface area contributed by atoms with Crippen molar-refractivity contribution in [3.05, 3.63) is 30.4 Å². The largest absolute Gasteiger partial charge is 0.480 e. The summed E-state index contributed by atoms with van der Waals surface area (Å²) in [6.07, 6.45) is 8.59. The molecular weight excluding hydrogens is 346 g/mol. The van der Waals surface area contributed by atoms with Gasteiger partial charge in [0.2, 0.25) is 11.8 Å². The van der Waals surface area contributed by atoms with Gasteiger partial charge in [-0.15, -0.1) is 0 Å². The highest BCUT2D eigenvalue weighted by molar-refractivity contribution is 5.67. The van der Waals surface area contributed by atoms with Crippen LogP contribution in [0, 0.1) is 11.3 Å². The van der Waals surface area contributed by atoms with Crippen molar-refractivity contribution >= 4 is 23.2 Å². The number of piperidine rings is 1. The number of nitrogens with two attached hydrogens (primary N) is 1. The maximum absolute atomic E-state index is 9.05. The van der Waals surface area contributed by atoms with Crippen LogP contribution < -0.4 is 20.7 Å². The van der Waals surface area contributed by atoms with E-state index in [-0.39, 0.29) is 11.9 Å². The SMILES string of the molecule is COc1nc(N[C@@H]2CCCN(c3nccn4c(N)cnc34)C2)ncc1C#N. The highest BCUT2D eigenvalue weighted by atomic mass is 16.5. The summed E-state index contributed by atoms with van der Waals surface area (Å²) in [6, 6.07) is 2.14. The molecule has 3 aromatic heterocycles. The second kappa shape index (κ2) is 6.95. The van der Waals surface area contributed by atoms with E-state index >= 15 is 0 Å². The van der Waals surface area contributed by atoms with Crippen LogP contribution in [0.2, 0.25) is 0 Å². The van der Waals surface area contributed by atoms with Gasteiger partial charge in [-0.05, 0) is 12.8 Å². The first-order valence-electron chi connectivity index (χ1n) is 8.59. The first kappa shape index (κ1) is 16.8. The van der Waals surface area contributed by atoms with Gasteiger partial charge in [0.05, 0.1) is 19.5 Å². The minimum absolute atomic E-state index is 0.130. The summed E-state index contributed by atoms with van der Waals surface area (Å²) in [7, 11) is 1.48. The molecule has 10 nitrogen and oxygen atoms in total. The summed E-state index contributed by atoms with van der Waals surface area (Å²) in [5.74, 6) is 2.09. The van der Waals surface area contributed by atoms with Crippen molar-refractivity contribution in [2.75, 3.05) is 36.1 Å². The van der Waals surface area contributed by atoms with Gasteiger partial charge in [-0.3, -0.25) is 4.40 Å². The van der Waals surface area contributed by atoms with E-state index in [4.69, 9.17) is 15.7 Å². The van der Waals surface area contributed by atoms with Crippen molar-refractivity contribution in [3.8, 4) is 11.9 Å². The van der Waals surface area contributed by atoms with Crippen LogP contribution in [0.5, 0.6) is 5.88 Å². The molecule has 1 aliphatic rings. The van der Waals surface area contributed by atoms with Crippen LogP contribution in [0.25, 0.3) is 5.65 Å². The lowest BCUT2D eigenvalue weighted by atomic mass is 10.1. The van der Waals surface area contributed by atoms with Crippen LogP contribution in [0.3, 0.4) is 0 Å². The topological polar surface area (TPSA) is 130 Å². The number of methoxy groups -OCH3 is 1. The van der Waals surface area contributed by atoms with Gasteiger partial charge in [0.1, 0.15) is 17.5 Å². The van der Waals surface area contributed by atoms with Gasteiger partial charge < -0.3 is 20.7 Å². The highest BCUT2D eigenvalue weighted by Crippen LogP contribution is 2.24. The van der Waals surface area contributed by atoms with Crippen molar-refractivity contribution < 1.29 is 4.74 Å². The van der Waals surface area contributed by atoms with Crippen LogP contribution >= 0.6 is 0 Å². The molecular formula is C17H19N9O. The van der Waals surface area contributed by atoms with E-state index in [0.29, 0.717) is 17.3 Å². The molecule has 0 aliphatic carbocycles. The zero-order valence-electron chi connectivity index (χ0n) is 14.8. The van der Waals surface area contributed by atoms with E-state index in [1.165, 1.54) is 13.3 Å². The Balaban J connectivity index is 1.54. The Hall–Kier alpha value is -3.61. The van der Waals surface area contributed by atoms with Crippen molar-refractivity contribution in [1.29, 1.82) is 5.26 Å². The average Bonchev–Trinajstić information content (AvgIpc) is 3.09. The number of imidazole rings is 1. The molecule has 4 rings (SSSR count). The molecule has 0 bridgehead atoms. The minimum Gasteiger partial charge on any atom is -0.480 e. The third kappa shape index (κ3) is 3.15. The molecule has 138 valence electrons. The molecule has 1 fully saturated rings. The summed E-state index contributed by atoms with van der Waals surface area (Å²) < 4.78 is 6.98. The first-order chi connectivity index (χ1) is 13.2. The molecule has 0 aromatic carbocycles. The monoisotopic (exact) mass is 365 g/mol. The molecule has 3 aromatic rings. The fourth-order valence-electron chi connectivity index (χ4n) is 3.29. The van der Waals surface area contributed by atoms with Gasteiger partial charge in [0, 0.05) is 31.5 Å². The minimum atomic E-state index is 0.130. The molecule has 1 aliphatic heterocycles. The lowest BCUT2D eigenvalue weighted by molar-refractivity contribution is 0.395. The third-order valence-corrected chi connectivity index (χ3v) is 4.56. The van der Waals surface area contributed by atoms with E-state index in [2.05, 4.69) is 30.2 Å². The van der Waals surface area contributed by atoms with E-state index in [9.17, 15) is 0 Å². The van der Waals surface area contributed by atoms with Gasteiger partial charge in [-0.2, -0.15) is 10.2 Å². The summed E-state index contributed by atoms with van der Waals surface area (Å²) >= 11 is 0. The Bertz CT molecular complexity index is 1010. The fourth-order valence-corrected chi connectivity index (χ4v) is 3.29. The van der Waals surface area contributed by atoms with Crippen molar-refractivity contribution in [2.24, 2.45) is 0 Å². The lowest BCUT2D eigenvalue weighted by Crippen LogP contribution is -2.43. The second-order valence-corrected chi connectivity index (χ2v) is 6.29. The predicted molar refractivity (Wildman–Crippen MR) is 99.6 cm³/mol. The van der Waals surface area contributed by atoms with Crippen LogP contribution in [0.4, 0.5) is 17.6 Å². The highest BCUT2D eigenvalue weighted by Gasteiger charge is 2.24. The average molecular weight is 365 g/mol. The molecule has 0 unspecified atom stereocenters. The third-order valence-electron chi connectivity index (χ3n) is 4.56. The number of rotatable bonds is 4. The Morgan fingerprint density at radius 1 is 1.33 bits per heavy atom. The molecule has 0 amide bonds. The van der Waals surface area contributed by atoms with Crippen molar-refractivity contribution in [3.63, 3.8) is 0 Å². The van der Waals surface area contributed by atoms with Gasteiger partial charge >= 0.3 is 0 Å². The Labute approximate surface area is 155 Å². The van der Waals surface area contributed by atoms with E-state index in [1.807, 2.05) is 10.5 Å². The molecule has 0 saturated carbocycles. The number of nitrogens with zero attached hydrogens (tertiary/aromatic N) is 7. The fraction of sp³-hybridized carbons (Fsp3) is 0.353. The van der Waals surface area contributed by atoms with Gasteiger partial charge in [-0.1, -0.05) is 0 Å². The predicted octanol–water partition coefficient (Wildman–Crippen LogP) is 1.06. The quantitative estimate of drug-likeness (QED) is 0.697. The molecule has 10 heteroatoms. The molecule has 1 saturated heterocycles. The molecule has 3 N–H and O–H groups in total. The summed E-state index contributed by atoms with van der Waals surface area (Å²) in [5.41, 5.74) is 6.99. The number of nitriles is 1. The molecule has 0 radical (unpaired) electrons. The number of ether oxygens (including phenoxy) is 1. The number of fused-ring (bicyclic) bond motifs is 1. The standard InChI is InChI=1S/C17H19N9O/c1-27-16-11(7-18)8-22-17(24-16)23-12-3-2-5-25(10-12)14-15-21-9-13(19)26(15)6-4-20-14/h4,6,8-9,12H,2-3,5,10,19H2,1H3,(H,22,23,24)/t12-/m1/s1. The molecule has 27 heavy (non-hydrogen) atoms. The van der Waals surface area contributed by atoms with E-state index in [0.717, 1.165) is 37.4 Å². The molecule has 1 atom stereocenters. The van der Waals surface area contributed by atoms with E-state index in [1.54, 1.807) is 18.6 Å². The van der Waals surface area contributed by atoms with Crippen molar-refractivity contribution in [1.82, 2.24) is 24.3 Å². The van der Waals surface area contributed by atoms with Crippen LogP contribution in [0.15, 0.2) is 24.8 Å². The van der Waals surface area contributed by atoms with E-state index < -0.39 is 0 Å². The Morgan fingerprint density at radius 3 is 3.04 bits per heavy atom. The molecule has 0 spiro atoms. The Morgan fingerprint density at radius 2 is 2.22 bits per heavy atom. The van der Waals surface area contributed by atoms with Crippen molar-refractivity contribution in [2.45, 2.75) is 18.9 Å². The van der Waals surface area contributed by atoms with Crippen LogP contribution in [0.1, 0.15) is 18.4 Å². The maximum Gasteiger partial charge on any atom is 0.236 e. The summed E-state index contributed by atoms with van der Waals surface area (Å²) in [5, 5.41) is 12.4. The maximum atomic E-state index is 9.05. The molecule has 4 heterocycles. The lowest BCUT2D eigenvalue weighted by Gasteiger charge is -2.34. The number of hydrogen-bond donors (Lipinski definition) is 2. The normalized spacial score (nSPS) is 16.9. The second-order valence-electron chi connectivity index (χ2n) is 6.29. The first-order valence-corrected chi connectivity index (χ1v) is 8.59. The van der Waals surface area contributed by atoms with Gasteiger partial charge in [0.25, 0.3) is 0 Å². The Kier molecular flexibility index (Phi) is 4.33.